The minimum atomic E-state index is -1.01. The Morgan fingerprint density at radius 3 is 1.27 bits per heavy atom. The van der Waals surface area contributed by atoms with Crippen LogP contribution in [0, 0.1) is 0 Å². The molecule has 4 N–H and O–H groups in total. The van der Waals surface area contributed by atoms with E-state index in [0.717, 1.165) is 0 Å². The van der Waals surface area contributed by atoms with Crippen LogP contribution in [0.25, 0.3) is 0 Å². The molecule has 2 atom stereocenters. The van der Waals surface area contributed by atoms with Crippen molar-refractivity contribution >= 4 is 0 Å². The Kier molecular flexibility index (Phi) is 4.96. The minimum Gasteiger partial charge on any atom is -0.501 e. The Morgan fingerprint density at radius 2 is 1.20 bits per heavy atom. The van der Waals surface area contributed by atoms with Crippen molar-refractivity contribution in [1.82, 2.24) is 0 Å². The van der Waals surface area contributed by atoms with E-state index in [0.29, 0.717) is 6.42 Å². The van der Waals surface area contributed by atoms with E-state index in [-0.39, 0.29) is 12.2 Å². The van der Waals surface area contributed by atoms with Crippen molar-refractivity contribution in [3.05, 3.63) is 20.4 Å². The molecule has 6 heteroatoms. The second kappa shape index (κ2) is 5.47. The lowest BCUT2D eigenvalue weighted by atomic mass is 10.2. The molecule has 0 saturated carbocycles. The molecule has 0 heterocycles. The van der Waals surface area contributed by atoms with Crippen LogP contribution < -0.4 is 10.9 Å². The molecule has 0 saturated heterocycles. The van der Waals surface area contributed by atoms with Crippen molar-refractivity contribution < 1.29 is 20.4 Å². The SMILES string of the molecule is CC(O)CC(C)O.O=c1c(O)c(O)c1=O. The molecule has 2 unspecified atom stereocenters. The zero-order valence-electron chi connectivity index (χ0n) is 8.47. The van der Waals surface area contributed by atoms with Crippen LogP contribution in [-0.2, 0) is 0 Å². The van der Waals surface area contributed by atoms with Crippen molar-refractivity contribution in [1.29, 1.82) is 0 Å². The van der Waals surface area contributed by atoms with Crippen LogP contribution in [-0.4, -0.2) is 32.6 Å². The van der Waals surface area contributed by atoms with Gasteiger partial charge in [-0.25, -0.2) is 0 Å². The summed E-state index contributed by atoms with van der Waals surface area (Å²) in [6.45, 7) is 3.32. The molecule has 1 rings (SSSR count). The van der Waals surface area contributed by atoms with Gasteiger partial charge in [0.2, 0.25) is 11.5 Å². The van der Waals surface area contributed by atoms with Gasteiger partial charge in [0, 0.05) is 0 Å². The van der Waals surface area contributed by atoms with Gasteiger partial charge in [-0.1, -0.05) is 0 Å². The molecule has 0 aliphatic rings. The Balaban J connectivity index is 0.000000265. The molecule has 6 nitrogen and oxygen atoms in total. The quantitative estimate of drug-likeness (QED) is 0.465. The van der Waals surface area contributed by atoms with Gasteiger partial charge < -0.3 is 20.4 Å². The van der Waals surface area contributed by atoms with Crippen molar-refractivity contribution in [2.75, 3.05) is 0 Å². The van der Waals surface area contributed by atoms with Gasteiger partial charge in [0.05, 0.1) is 12.2 Å². The predicted octanol–water partition coefficient (Wildman–Crippen LogP) is -1.17. The largest absolute Gasteiger partial charge is 0.501 e. The molecule has 0 amide bonds. The van der Waals surface area contributed by atoms with E-state index in [1.165, 1.54) is 0 Å². The lowest BCUT2D eigenvalue weighted by Crippen LogP contribution is -2.28. The first-order chi connectivity index (χ1) is 6.77. The zero-order valence-corrected chi connectivity index (χ0v) is 8.47. The number of aliphatic hydroxyl groups excluding tert-OH is 2. The lowest BCUT2D eigenvalue weighted by molar-refractivity contribution is 0.102. The minimum absolute atomic E-state index is 0.375. The fraction of sp³-hybridized carbons (Fsp3) is 0.556. The fourth-order valence-electron chi connectivity index (χ4n) is 0.861. The summed E-state index contributed by atoms with van der Waals surface area (Å²) in [7, 11) is 0. The van der Waals surface area contributed by atoms with E-state index in [1.54, 1.807) is 13.8 Å². The first-order valence-electron chi connectivity index (χ1n) is 4.34. The molecule has 0 aliphatic heterocycles. The van der Waals surface area contributed by atoms with E-state index in [9.17, 15) is 9.59 Å². The maximum Gasteiger partial charge on any atom is 0.275 e. The number of aliphatic hydroxyl groups is 2. The summed E-state index contributed by atoms with van der Waals surface area (Å²) < 4.78 is 0. The molecule has 0 radical (unpaired) electrons. The topological polar surface area (TPSA) is 115 Å². The molecule has 0 aromatic heterocycles. The van der Waals surface area contributed by atoms with Gasteiger partial charge in [-0.05, 0) is 20.3 Å². The number of hydrogen-bond donors (Lipinski definition) is 4. The number of rotatable bonds is 2. The van der Waals surface area contributed by atoms with Crippen LogP contribution in [0.1, 0.15) is 20.3 Å². The maximum absolute atomic E-state index is 9.95. The van der Waals surface area contributed by atoms with Crippen LogP contribution >= 0.6 is 0 Å². The average Bonchev–Trinajstić information content (AvgIpc) is 2.13. The third-order valence-corrected chi connectivity index (χ3v) is 1.54. The monoisotopic (exact) mass is 218 g/mol. The lowest BCUT2D eigenvalue weighted by Gasteiger charge is -2.04. The standard InChI is InChI=1S/C5H12O2.C4H2O4/c1-4(6)3-5(2)7;5-1-2(6)4(8)3(1)7/h4-7H,3H2,1-2H3;5-6H. The second-order valence-corrected chi connectivity index (χ2v) is 3.29. The summed E-state index contributed by atoms with van der Waals surface area (Å²) in [6, 6.07) is 0. The summed E-state index contributed by atoms with van der Waals surface area (Å²) in [5.41, 5.74) is -2.02. The van der Waals surface area contributed by atoms with Gasteiger partial charge in [0.15, 0.2) is 0 Å². The molecule has 1 aromatic carbocycles. The second-order valence-electron chi connectivity index (χ2n) is 3.29. The van der Waals surface area contributed by atoms with Gasteiger partial charge in [-0.15, -0.1) is 0 Å². The van der Waals surface area contributed by atoms with E-state index in [2.05, 4.69) is 0 Å². The highest BCUT2D eigenvalue weighted by molar-refractivity contribution is 5.42. The summed E-state index contributed by atoms with van der Waals surface area (Å²) in [6.07, 6.45) is -0.278. The normalized spacial score (nSPS) is 14.1. The average molecular weight is 218 g/mol. The molecule has 0 bridgehead atoms. The summed E-state index contributed by atoms with van der Waals surface area (Å²) >= 11 is 0. The van der Waals surface area contributed by atoms with Crippen LogP contribution in [0.3, 0.4) is 0 Å². The van der Waals surface area contributed by atoms with Gasteiger partial charge in [0.25, 0.3) is 10.9 Å². The highest BCUT2D eigenvalue weighted by Crippen LogP contribution is 2.13. The van der Waals surface area contributed by atoms with Crippen LogP contribution in [0.5, 0.6) is 11.5 Å². The number of aromatic hydroxyl groups is 2. The Labute approximate surface area is 85.7 Å². The summed E-state index contributed by atoms with van der Waals surface area (Å²) in [4.78, 5) is 19.9. The van der Waals surface area contributed by atoms with E-state index in [4.69, 9.17) is 20.4 Å². The first kappa shape index (κ1) is 13.6. The van der Waals surface area contributed by atoms with Crippen molar-refractivity contribution in [3.8, 4) is 11.5 Å². The third-order valence-electron chi connectivity index (χ3n) is 1.54. The molecule has 0 fully saturated rings. The maximum atomic E-state index is 9.95. The Morgan fingerprint density at radius 1 is 0.933 bits per heavy atom. The number of hydrogen-bond acceptors (Lipinski definition) is 6. The predicted molar refractivity (Wildman–Crippen MR) is 52.7 cm³/mol. The molecular formula is C9H14O6. The molecule has 86 valence electrons. The third kappa shape index (κ3) is 4.09. The van der Waals surface area contributed by atoms with E-state index in [1.807, 2.05) is 0 Å². The fourth-order valence-corrected chi connectivity index (χ4v) is 0.861. The smallest absolute Gasteiger partial charge is 0.275 e. The highest BCUT2D eigenvalue weighted by Gasteiger charge is 2.17. The van der Waals surface area contributed by atoms with Gasteiger partial charge in [0.1, 0.15) is 0 Å². The highest BCUT2D eigenvalue weighted by atomic mass is 16.3. The zero-order chi connectivity index (χ0) is 12.2. The summed E-state index contributed by atoms with van der Waals surface area (Å²) in [5.74, 6) is -1.65. The van der Waals surface area contributed by atoms with Gasteiger partial charge >= 0.3 is 0 Å². The first-order valence-corrected chi connectivity index (χ1v) is 4.34. The van der Waals surface area contributed by atoms with Crippen molar-refractivity contribution in [3.63, 3.8) is 0 Å². The molecule has 15 heavy (non-hydrogen) atoms. The van der Waals surface area contributed by atoms with Crippen LogP contribution in [0.2, 0.25) is 0 Å². The molecule has 1 aromatic rings. The van der Waals surface area contributed by atoms with Crippen molar-refractivity contribution in [2.45, 2.75) is 32.5 Å². The Bertz CT molecular complexity index is 336. The van der Waals surface area contributed by atoms with E-state index >= 15 is 0 Å². The van der Waals surface area contributed by atoms with Gasteiger partial charge in [-0.2, -0.15) is 0 Å². The summed E-state index contributed by atoms with van der Waals surface area (Å²) in [5, 5.41) is 33.6. The Hall–Kier alpha value is -1.40. The van der Waals surface area contributed by atoms with Crippen LogP contribution in [0.4, 0.5) is 0 Å². The van der Waals surface area contributed by atoms with Crippen molar-refractivity contribution in [2.24, 2.45) is 0 Å². The van der Waals surface area contributed by atoms with Gasteiger partial charge in [-0.3, -0.25) is 9.59 Å². The molecule has 0 aliphatic carbocycles. The van der Waals surface area contributed by atoms with Crippen LogP contribution in [0.15, 0.2) is 9.59 Å². The molecule has 0 spiro atoms. The molecular weight excluding hydrogens is 204 g/mol. The van der Waals surface area contributed by atoms with E-state index < -0.39 is 22.4 Å².